The van der Waals surface area contributed by atoms with Gasteiger partial charge in [0.2, 0.25) is 5.88 Å². The van der Waals surface area contributed by atoms with Gasteiger partial charge >= 0.3 is 0 Å². The average molecular weight is 533 g/mol. The summed E-state index contributed by atoms with van der Waals surface area (Å²) in [5.74, 6) is 0.836. The fraction of sp³-hybridized carbons (Fsp3) is 0.516. The Morgan fingerprint density at radius 3 is 2.56 bits per heavy atom. The highest BCUT2D eigenvalue weighted by Gasteiger charge is 2.29. The fourth-order valence-electron chi connectivity index (χ4n) is 6.12. The first-order valence-corrected chi connectivity index (χ1v) is 14.4. The maximum atomic E-state index is 11.2. The number of ether oxygens (including phenoxy) is 2. The molecular formula is C31H40N4O4. The zero-order valence-corrected chi connectivity index (χ0v) is 22.7. The molecule has 1 aromatic heterocycles. The average Bonchev–Trinajstić information content (AvgIpc) is 3.64. The zero-order valence-electron chi connectivity index (χ0n) is 22.7. The van der Waals surface area contributed by atoms with Gasteiger partial charge in [-0.05, 0) is 30.4 Å². The maximum absolute atomic E-state index is 11.2. The molecule has 1 N–H and O–H groups in total. The van der Waals surface area contributed by atoms with Gasteiger partial charge in [-0.25, -0.2) is 0 Å². The lowest BCUT2D eigenvalue weighted by molar-refractivity contribution is -0.0000935. The molecule has 8 heteroatoms. The number of aromatic nitrogens is 1. The molecule has 4 heterocycles. The van der Waals surface area contributed by atoms with E-state index >= 15 is 0 Å². The lowest BCUT2D eigenvalue weighted by atomic mass is 9.99. The molecule has 0 saturated carbocycles. The third-order valence-electron chi connectivity index (χ3n) is 8.14. The summed E-state index contributed by atoms with van der Waals surface area (Å²) in [4.78, 5) is 6.97. The molecule has 3 aliphatic heterocycles. The molecule has 0 aliphatic carbocycles. The first-order valence-electron chi connectivity index (χ1n) is 14.4. The van der Waals surface area contributed by atoms with Gasteiger partial charge in [0.05, 0.1) is 31.0 Å². The number of anilines is 1. The summed E-state index contributed by atoms with van der Waals surface area (Å²) >= 11 is 0. The Bertz CT molecular complexity index is 1190. The molecule has 6 rings (SSSR count). The minimum atomic E-state index is -0.463. The quantitative estimate of drug-likeness (QED) is 0.425. The van der Waals surface area contributed by atoms with E-state index in [1.807, 2.05) is 18.2 Å². The molecule has 0 amide bonds. The minimum Gasteiger partial charge on any atom is -0.390 e. The van der Waals surface area contributed by atoms with Crippen LogP contribution in [0.25, 0.3) is 11.3 Å². The Balaban J connectivity index is 1.27. The molecule has 2 saturated heterocycles. The second-order valence-electron chi connectivity index (χ2n) is 11.0. The molecule has 2 aromatic carbocycles. The number of β-amino-alcohol motifs (C(OH)–C–C–N with tert-alkyl or cyclic N) is 1. The molecule has 0 bridgehead atoms. The van der Waals surface area contributed by atoms with Gasteiger partial charge in [-0.1, -0.05) is 59.8 Å². The van der Waals surface area contributed by atoms with E-state index in [2.05, 4.69) is 56.3 Å². The smallest absolute Gasteiger partial charge is 0.232 e. The van der Waals surface area contributed by atoms with Crippen molar-refractivity contribution in [1.29, 1.82) is 0 Å². The van der Waals surface area contributed by atoms with Crippen molar-refractivity contribution in [3.05, 3.63) is 71.3 Å². The standard InChI is InChI=1S/C31H40N4O4/c36-27(20-33-14-17-37-18-15-33)21-34(22-28-11-6-16-38-28)23-29-30(25-8-2-1-3-9-25)32-39-31(29)35-13-12-24-7-4-5-10-26(24)19-35/h1-5,7-10,27-28,36H,6,11-23H2. The minimum absolute atomic E-state index is 0.186. The highest BCUT2D eigenvalue weighted by molar-refractivity contribution is 5.68. The van der Waals surface area contributed by atoms with E-state index in [0.29, 0.717) is 19.6 Å². The van der Waals surface area contributed by atoms with Crippen LogP contribution in [0.15, 0.2) is 59.1 Å². The number of benzene rings is 2. The summed E-state index contributed by atoms with van der Waals surface area (Å²) in [5, 5.41) is 15.8. The topological polar surface area (TPSA) is 74.4 Å². The highest BCUT2D eigenvalue weighted by atomic mass is 16.5. The second-order valence-corrected chi connectivity index (χ2v) is 11.0. The van der Waals surface area contributed by atoms with Crippen LogP contribution >= 0.6 is 0 Å². The summed E-state index contributed by atoms with van der Waals surface area (Å²) in [6.07, 6.45) is 2.85. The number of fused-ring (bicyclic) bond motifs is 1. The summed E-state index contributed by atoms with van der Waals surface area (Å²) in [6.45, 7) is 8.34. The van der Waals surface area contributed by atoms with Crippen LogP contribution in [0.1, 0.15) is 29.5 Å². The Labute approximate surface area is 231 Å². The number of rotatable bonds is 10. The fourth-order valence-corrected chi connectivity index (χ4v) is 6.12. The van der Waals surface area contributed by atoms with Crippen molar-refractivity contribution in [2.24, 2.45) is 0 Å². The van der Waals surface area contributed by atoms with E-state index in [4.69, 9.17) is 14.0 Å². The number of aliphatic hydroxyl groups is 1. The van der Waals surface area contributed by atoms with Gasteiger partial charge in [-0.2, -0.15) is 0 Å². The molecule has 3 aliphatic rings. The van der Waals surface area contributed by atoms with Gasteiger partial charge in [0.1, 0.15) is 5.69 Å². The summed E-state index contributed by atoms with van der Waals surface area (Å²) in [6, 6.07) is 19.0. The van der Waals surface area contributed by atoms with E-state index in [-0.39, 0.29) is 6.10 Å². The molecule has 3 aromatic rings. The number of aliphatic hydroxyl groups excluding tert-OH is 1. The SMILES string of the molecule is OC(CN1CCOCC1)CN(Cc1c(-c2ccccc2)noc1N1CCc2ccccc2C1)CC1CCCO1. The molecule has 0 spiro atoms. The van der Waals surface area contributed by atoms with Crippen molar-refractivity contribution < 1.29 is 19.1 Å². The summed E-state index contributed by atoms with van der Waals surface area (Å²) in [7, 11) is 0. The Morgan fingerprint density at radius 2 is 1.77 bits per heavy atom. The Hall–Kier alpha value is -2.75. The first-order chi connectivity index (χ1) is 19.2. The normalized spacial score (nSPS) is 20.9. The van der Waals surface area contributed by atoms with Crippen LogP contribution < -0.4 is 4.90 Å². The predicted octanol–water partition coefficient (Wildman–Crippen LogP) is 3.58. The van der Waals surface area contributed by atoms with Gasteiger partial charge < -0.3 is 24.0 Å². The van der Waals surface area contributed by atoms with Crippen molar-refractivity contribution in [2.75, 3.05) is 64.0 Å². The van der Waals surface area contributed by atoms with E-state index in [9.17, 15) is 5.11 Å². The number of nitrogens with zero attached hydrogens (tertiary/aromatic N) is 4. The van der Waals surface area contributed by atoms with Crippen molar-refractivity contribution >= 4 is 5.88 Å². The third kappa shape index (κ3) is 6.53. The Morgan fingerprint density at radius 1 is 0.974 bits per heavy atom. The van der Waals surface area contributed by atoms with Crippen LogP contribution in [0, 0.1) is 0 Å². The summed E-state index contributed by atoms with van der Waals surface area (Å²) < 4.78 is 17.7. The monoisotopic (exact) mass is 532 g/mol. The van der Waals surface area contributed by atoms with Crippen LogP contribution in [0.5, 0.6) is 0 Å². The molecule has 2 unspecified atom stereocenters. The van der Waals surface area contributed by atoms with Crippen molar-refractivity contribution in [1.82, 2.24) is 15.0 Å². The van der Waals surface area contributed by atoms with E-state index in [1.54, 1.807) is 0 Å². The van der Waals surface area contributed by atoms with Crippen LogP contribution in [0.4, 0.5) is 5.88 Å². The first kappa shape index (κ1) is 26.5. The molecule has 0 radical (unpaired) electrons. The highest BCUT2D eigenvalue weighted by Crippen LogP contribution is 2.35. The lowest BCUT2D eigenvalue weighted by Crippen LogP contribution is -2.45. The second kappa shape index (κ2) is 12.6. The lowest BCUT2D eigenvalue weighted by Gasteiger charge is -2.33. The molecule has 2 fully saturated rings. The zero-order chi connectivity index (χ0) is 26.4. The van der Waals surface area contributed by atoms with Crippen molar-refractivity contribution in [2.45, 2.75) is 44.6 Å². The van der Waals surface area contributed by atoms with Gasteiger partial charge in [0.15, 0.2) is 0 Å². The maximum Gasteiger partial charge on any atom is 0.232 e. The van der Waals surface area contributed by atoms with Crippen LogP contribution in [-0.2, 0) is 29.0 Å². The molecular weight excluding hydrogens is 492 g/mol. The van der Waals surface area contributed by atoms with E-state index in [0.717, 1.165) is 94.5 Å². The van der Waals surface area contributed by atoms with Gasteiger partial charge in [-0.15, -0.1) is 0 Å². The third-order valence-corrected chi connectivity index (χ3v) is 8.14. The predicted molar refractivity (Wildman–Crippen MR) is 151 cm³/mol. The van der Waals surface area contributed by atoms with Crippen molar-refractivity contribution in [3.63, 3.8) is 0 Å². The van der Waals surface area contributed by atoms with Crippen LogP contribution in [0.2, 0.25) is 0 Å². The number of morpholine rings is 1. The molecule has 8 nitrogen and oxygen atoms in total. The van der Waals surface area contributed by atoms with Crippen LogP contribution in [-0.4, -0.2) is 91.4 Å². The van der Waals surface area contributed by atoms with Gasteiger partial charge in [-0.3, -0.25) is 9.80 Å². The number of hydrogen-bond donors (Lipinski definition) is 1. The van der Waals surface area contributed by atoms with Gasteiger partial charge in [0, 0.05) is 64.5 Å². The molecule has 2 atom stereocenters. The summed E-state index contributed by atoms with van der Waals surface area (Å²) in [5.41, 5.74) is 5.75. The van der Waals surface area contributed by atoms with E-state index in [1.165, 1.54) is 11.1 Å². The van der Waals surface area contributed by atoms with Crippen molar-refractivity contribution in [3.8, 4) is 11.3 Å². The Kier molecular flexibility index (Phi) is 8.56. The number of hydrogen-bond acceptors (Lipinski definition) is 8. The van der Waals surface area contributed by atoms with E-state index < -0.39 is 6.10 Å². The molecule has 39 heavy (non-hydrogen) atoms. The van der Waals surface area contributed by atoms with Crippen LogP contribution in [0.3, 0.4) is 0 Å². The van der Waals surface area contributed by atoms with Gasteiger partial charge in [0.25, 0.3) is 0 Å². The molecule has 208 valence electrons. The largest absolute Gasteiger partial charge is 0.390 e.